The fourth-order valence-electron chi connectivity index (χ4n) is 1.43. The van der Waals surface area contributed by atoms with Gasteiger partial charge in [0, 0.05) is 5.56 Å². The van der Waals surface area contributed by atoms with Gasteiger partial charge in [0.05, 0.1) is 12.5 Å². The number of carbonyl (C=O) groups excluding carboxylic acids is 1. The van der Waals surface area contributed by atoms with Gasteiger partial charge in [-0.1, -0.05) is 6.07 Å². The normalized spacial score (nSPS) is 14.0. The van der Waals surface area contributed by atoms with Crippen LogP contribution in [0.15, 0.2) is 18.2 Å². The van der Waals surface area contributed by atoms with E-state index >= 15 is 0 Å². The molecule has 0 fully saturated rings. The maximum atomic E-state index is 10.7. The molecule has 92 valence electrons. The van der Waals surface area contributed by atoms with E-state index in [9.17, 15) is 19.8 Å². The second kappa shape index (κ2) is 5.42. The summed E-state index contributed by atoms with van der Waals surface area (Å²) in [5.74, 6) is -1.42. The van der Waals surface area contributed by atoms with Crippen molar-refractivity contribution in [2.24, 2.45) is 0 Å². The first-order valence-electron chi connectivity index (χ1n) is 4.81. The van der Waals surface area contributed by atoms with E-state index in [1.54, 1.807) is 0 Å². The van der Waals surface area contributed by atoms with Gasteiger partial charge in [-0.05, 0) is 17.7 Å². The number of aromatic hydroxyl groups is 1. The highest BCUT2D eigenvalue weighted by molar-refractivity contribution is 5.78. The van der Waals surface area contributed by atoms with Gasteiger partial charge in [-0.25, -0.2) is 0 Å². The van der Waals surface area contributed by atoms with E-state index in [0.29, 0.717) is 6.29 Å². The Morgan fingerprint density at radius 3 is 2.53 bits per heavy atom. The molecule has 0 aliphatic rings. The van der Waals surface area contributed by atoms with Crippen LogP contribution < -0.4 is 0 Å². The second-order valence-corrected chi connectivity index (χ2v) is 3.54. The molecule has 1 aromatic rings. The number of phenols is 1. The first-order chi connectivity index (χ1) is 7.95. The maximum Gasteiger partial charge on any atom is 0.306 e. The predicted octanol–water partition coefficient (Wildman–Crippen LogP) is 0.0737. The van der Waals surface area contributed by atoms with E-state index < -0.39 is 24.6 Å². The molecule has 1 rings (SSSR count). The number of carboxylic acid groups (broad SMARTS) is 1. The molecule has 0 saturated heterocycles. The summed E-state index contributed by atoms with van der Waals surface area (Å²) in [7, 11) is 0. The zero-order valence-corrected chi connectivity index (χ0v) is 8.78. The van der Waals surface area contributed by atoms with Crippen molar-refractivity contribution in [3.05, 3.63) is 29.3 Å². The van der Waals surface area contributed by atoms with Gasteiger partial charge >= 0.3 is 5.97 Å². The van der Waals surface area contributed by atoms with Crippen LogP contribution in [0.1, 0.15) is 28.4 Å². The number of aliphatic carboxylic acids is 1. The summed E-state index contributed by atoms with van der Waals surface area (Å²) in [4.78, 5) is 21.1. The van der Waals surface area contributed by atoms with Crippen molar-refractivity contribution < 1.29 is 30.0 Å². The molecule has 0 aliphatic heterocycles. The van der Waals surface area contributed by atoms with E-state index in [1.807, 2.05) is 0 Å². The topological polar surface area (TPSA) is 115 Å². The lowest BCUT2D eigenvalue weighted by molar-refractivity contribution is -0.141. The average Bonchev–Trinajstić information content (AvgIpc) is 2.27. The molecule has 0 amide bonds. The van der Waals surface area contributed by atoms with E-state index in [4.69, 9.17) is 10.2 Å². The first-order valence-corrected chi connectivity index (χ1v) is 4.81. The molecule has 2 unspecified atom stereocenters. The van der Waals surface area contributed by atoms with Crippen LogP contribution in [0.2, 0.25) is 0 Å². The molecule has 0 aromatic heterocycles. The lowest BCUT2D eigenvalue weighted by Gasteiger charge is -2.18. The number of benzene rings is 1. The minimum atomic E-state index is -1.52. The van der Waals surface area contributed by atoms with Crippen LogP contribution in [0.3, 0.4) is 0 Å². The van der Waals surface area contributed by atoms with E-state index in [-0.39, 0.29) is 16.9 Å². The third-order valence-corrected chi connectivity index (χ3v) is 2.26. The molecule has 0 radical (unpaired) electrons. The second-order valence-electron chi connectivity index (χ2n) is 3.54. The first kappa shape index (κ1) is 13.1. The van der Waals surface area contributed by atoms with Crippen LogP contribution >= 0.6 is 0 Å². The number of aldehydes is 1. The summed E-state index contributed by atoms with van der Waals surface area (Å²) in [5, 5.41) is 36.7. The molecule has 1 aromatic carbocycles. The summed E-state index contributed by atoms with van der Waals surface area (Å²) in [5.41, 5.74) is 0.0773. The van der Waals surface area contributed by atoms with Crippen molar-refractivity contribution in [2.45, 2.75) is 18.6 Å². The van der Waals surface area contributed by atoms with Gasteiger partial charge in [0.15, 0.2) is 6.29 Å². The number of hydrogen-bond donors (Lipinski definition) is 4. The molecule has 17 heavy (non-hydrogen) atoms. The standard InChI is InChI=1S/C11H12O6/c12-5-6-3-7(13)1-2-8(6)11(17)9(14)4-10(15)16/h1-3,5,9,11,13-14,17H,4H2,(H,15,16). The van der Waals surface area contributed by atoms with Gasteiger partial charge in [0.1, 0.15) is 11.9 Å². The van der Waals surface area contributed by atoms with Gasteiger partial charge in [0.25, 0.3) is 0 Å². The zero-order valence-electron chi connectivity index (χ0n) is 8.78. The van der Waals surface area contributed by atoms with Gasteiger partial charge in [-0.15, -0.1) is 0 Å². The highest BCUT2D eigenvalue weighted by atomic mass is 16.4. The molecular formula is C11H12O6. The molecule has 2 atom stereocenters. The molecule has 6 nitrogen and oxygen atoms in total. The molecule has 0 aliphatic carbocycles. The molecule has 0 saturated carbocycles. The maximum absolute atomic E-state index is 10.7. The quantitative estimate of drug-likeness (QED) is 0.541. The fraction of sp³-hybridized carbons (Fsp3) is 0.273. The van der Waals surface area contributed by atoms with Crippen molar-refractivity contribution in [2.75, 3.05) is 0 Å². The van der Waals surface area contributed by atoms with Crippen LogP contribution in [0, 0.1) is 0 Å². The van der Waals surface area contributed by atoms with Gasteiger partial charge in [-0.2, -0.15) is 0 Å². The minimum Gasteiger partial charge on any atom is -0.508 e. The van der Waals surface area contributed by atoms with Crippen molar-refractivity contribution in [3.8, 4) is 5.75 Å². The summed E-state index contributed by atoms with van der Waals surface area (Å²) in [6, 6.07) is 3.62. The van der Waals surface area contributed by atoms with Gasteiger partial charge in [0.2, 0.25) is 0 Å². The van der Waals surface area contributed by atoms with Crippen LogP contribution in [0.5, 0.6) is 5.75 Å². The molecule has 0 heterocycles. The Labute approximate surface area is 96.8 Å². The fourth-order valence-corrected chi connectivity index (χ4v) is 1.43. The number of phenolic OH excluding ortho intramolecular Hbond substituents is 1. The number of hydrogen-bond acceptors (Lipinski definition) is 5. The summed E-state index contributed by atoms with van der Waals surface area (Å²) < 4.78 is 0. The molecular weight excluding hydrogens is 228 g/mol. The minimum absolute atomic E-state index is 0.00180. The molecule has 0 bridgehead atoms. The van der Waals surface area contributed by atoms with Crippen LogP contribution in [0.25, 0.3) is 0 Å². The molecule has 0 spiro atoms. The summed E-state index contributed by atoms with van der Waals surface area (Å²) >= 11 is 0. The smallest absolute Gasteiger partial charge is 0.306 e. The monoisotopic (exact) mass is 240 g/mol. The number of carbonyl (C=O) groups is 2. The number of carboxylic acids is 1. The highest BCUT2D eigenvalue weighted by Gasteiger charge is 2.23. The average molecular weight is 240 g/mol. The Bertz CT molecular complexity index is 428. The predicted molar refractivity (Wildman–Crippen MR) is 56.7 cm³/mol. The van der Waals surface area contributed by atoms with Crippen molar-refractivity contribution >= 4 is 12.3 Å². The summed E-state index contributed by atoms with van der Waals surface area (Å²) in [6.45, 7) is 0. The number of aliphatic hydroxyl groups is 2. The Hall–Kier alpha value is -1.92. The Morgan fingerprint density at radius 2 is 2.00 bits per heavy atom. The van der Waals surface area contributed by atoms with Gasteiger partial charge in [-0.3, -0.25) is 9.59 Å². The lowest BCUT2D eigenvalue weighted by Crippen LogP contribution is -2.22. The Morgan fingerprint density at radius 1 is 1.35 bits per heavy atom. The highest BCUT2D eigenvalue weighted by Crippen LogP contribution is 2.24. The third-order valence-electron chi connectivity index (χ3n) is 2.26. The molecule has 4 N–H and O–H groups in total. The molecule has 6 heteroatoms. The van der Waals surface area contributed by atoms with E-state index in [2.05, 4.69) is 0 Å². The van der Waals surface area contributed by atoms with E-state index in [1.165, 1.54) is 12.1 Å². The number of rotatable bonds is 5. The van der Waals surface area contributed by atoms with Crippen molar-refractivity contribution in [3.63, 3.8) is 0 Å². The van der Waals surface area contributed by atoms with Crippen LogP contribution in [-0.4, -0.2) is 38.8 Å². The van der Waals surface area contributed by atoms with Gasteiger partial charge < -0.3 is 20.4 Å². The summed E-state index contributed by atoms with van der Waals surface area (Å²) in [6.07, 6.45) is -3.24. The third kappa shape index (κ3) is 3.27. The zero-order chi connectivity index (χ0) is 13.0. The Kier molecular flexibility index (Phi) is 4.19. The lowest BCUT2D eigenvalue weighted by atomic mass is 9.97. The number of aliphatic hydroxyl groups excluding tert-OH is 2. The van der Waals surface area contributed by atoms with Crippen molar-refractivity contribution in [1.82, 2.24) is 0 Å². The van der Waals surface area contributed by atoms with E-state index in [0.717, 1.165) is 6.07 Å². The van der Waals surface area contributed by atoms with Crippen LogP contribution in [-0.2, 0) is 4.79 Å². The van der Waals surface area contributed by atoms with Crippen molar-refractivity contribution in [1.29, 1.82) is 0 Å². The van der Waals surface area contributed by atoms with Crippen LogP contribution in [0.4, 0.5) is 0 Å². The Balaban J connectivity index is 2.98. The SMILES string of the molecule is O=Cc1cc(O)ccc1C(O)C(O)CC(=O)O. The largest absolute Gasteiger partial charge is 0.508 e.